The predicted octanol–water partition coefficient (Wildman–Crippen LogP) is 0.700. The molecule has 2 N–H and O–H groups in total. The number of aliphatic hydroxyl groups excluding tert-OH is 1. The molecule has 1 saturated heterocycles. The first kappa shape index (κ1) is 12.6. The minimum absolute atomic E-state index is 0.0308. The fraction of sp³-hybridized carbons (Fsp3) is 0.625. The molecule has 5 nitrogen and oxygen atoms in total. The van der Waals surface area contributed by atoms with Crippen LogP contribution in [0.15, 0.2) is 11.5 Å². The van der Waals surface area contributed by atoms with Gasteiger partial charge in [-0.25, -0.2) is 5.43 Å². The van der Waals surface area contributed by atoms with Crippen molar-refractivity contribution in [2.24, 2.45) is 0 Å². The molecule has 1 heterocycles. The lowest BCUT2D eigenvalue weighted by Gasteiger charge is -2.16. The van der Waals surface area contributed by atoms with E-state index in [0.717, 1.165) is 7.05 Å². The van der Waals surface area contributed by atoms with Crippen molar-refractivity contribution in [3.05, 3.63) is 11.5 Å². The number of likely N-dealkylation sites (N-methyl/N-ethyl adjacent to an activating group) is 1. The summed E-state index contributed by atoms with van der Waals surface area (Å²) in [6.45, 7) is 1.45. The molecule has 1 aliphatic rings. The molecular weight excluding hydrogens is 229 g/mol. The van der Waals surface area contributed by atoms with Crippen molar-refractivity contribution in [2.75, 3.05) is 13.7 Å². The zero-order chi connectivity index (χ0) is 12.5. The van der Waals surface area contributed by atoms with E-state index in [9.17, 15) is 23.1 Å². The standard InChI is InChI=1S/C8H11F3N2O3/c1-3-16-7(15)4-5(8(9,10)11)12-13(2)6(4)14/h5,12,15H,3H2,1-2H3. The first-order valence-corrected chi connectivity index (χ1v) is 4.46. The lowest BCUT2D eigenvalue weighted by atomic mass is 10.1. The van der Waals surface area contributed by atoms with Gasteiger partial charge in [0.05, 0.1) is 6.61 Å². The molecule has 8 heteroatoms. The molecule has 16 heavy (non-hydrogen) atoms. The molecule has 0 bridgehead atoms. The molecule has 1 atom stereocenters. The summed E-state index contributed by atoms with van der Waals surface area (Å²) >= 11 is 0. The molecule has 0 spiro atoms. The molecule has 1 aliphatic heterocycles. The molecule has 1 rings (SSSR count). The molecule has 0 aromatic heterocycles. The van der Waals surface area contributed by atoms with Gasteiger partial charge in [0.1, 0.15) is 5.57 Å². The molecule has 92 valence electrons. The average Bonchev–Trinajstić information content (AvgIpc) is 2.43. The fourth-order valence-electron chi connectivity index (χ4n) is 1.29. The van der Waals surface area contributed by atoms with Crippen molar-refractivity contribution in [2.45, 2.75) is 19.1 Å². The SMILES string of the molecule is CCOC(O)=C1C(=O)N(C)NC1C(F)(F)F. The number of hydrazine groups is 1. The fourth-order valence-corrected chi connectivity index (χ4v) is 1.29. The molecule has 0 radical (unpaired) electrons. The van der Waals surface area contributed by atoms with E-state index in [4.69, 9.17) is 0 Å². The maximum atomic E-state index is 12.5. The Bertz CT molecular complexity index is 327. The number of rotatable bonds is 2. The van der Waals surface area contributed by atoms with Crippen LogP contribution < -0.4 is 5.43 Å². The summed E-state index contributed by atoms with van der Waals surface area (Å²) in [4.78, 5) is 11.3. The Balaban J connectivity index is 3.11. The third-order valence-electron chi connectivity index (χ3n) is 1.99. The maximum Gasteiger partial charge on any atom is 0.410 e. The Morgan fingerprint density at radius 2 is 2.19 bits per heavy atom. The van der Waals surface area contributed by atoms with Crippen LogP contribution in [0.5, 0.6) is 0 Å². The van der Waals surface area contributed by atoms with E-state index >= 15 is 0 Å². The van der Waals surface area contributed by atoms with Crippen LogP contribution in [-0.2, 0) is 9.53 Å². The summed E-state index contributed by atoms with van der Waals surface area (Å²) in [6, 6.07) is -2.24. The van der Waals surface area contributed by atoms with Gasteiger partial charge in [0.25, 0.3) is 11.9 Å². The topological polar surface area (TPSA) is 61.8 Å². The number of nitrogens with one attached hydrogen (secondary N) is 1. The number of alkyl halides is 3. The molecule has 0 saturated carbocycles. The highest BCUT2D eigenvalue weighted by Gasteiger charge is 2.52. The van der Waals surface area contributed by atoms with Crippen molar-refractivity contribution < 1.29 is 27.8 Å². The first-order valence-electron chi connectivity index (χ1n) is 4.46. The minimum atomic E-state index is -4.68. The van der Waals surface area contributed by atoms with Crippen molar-refractivity contribution in [1.29, 1.82) is 0 Å². The Labute approximate surface area is 89.4 Å². The number of nitrogens with zero attached hydrogens (tertiary/aromatic N) is 1. The third-order valence-corrected chi connectivity index (χ3v) is 1.99. The van der Waals surface area contributed by atoms with Crippen LogP contribution in [0.25, 0.3) is 0 Å². The van der Waals surface area contributed by atoms with Crippen molar-refractivity contribution in [1.82, 2.24) is 10.4 Å². The second-order valence-corrected chi connectivity index (χ2v) is 3.12. The van der Waals surface area contributed by atoms with Crippen molar-refractivity contribution in [3.8, 4) is 0 Å². The number of carbonyl (C=O) groups is 1. The van der Waals surface area contributed by atoms with Gasteiger partial charge in [-0.1, -0.05) is 0 Å². The van der Waals surface area contributed by atoms with Gasteiger partial charge >= 0.3 is 6.18 Å². The largest absolute Gasteiger partial charge is 0.481 e. The van der Waals surface area contributed by atoms with Crippen LogP contribution in [0.2, 0.25) is 0 Å². The summed E-state index contributed by atoms with van der Waals surface area (Å²) in [7, 11) is 1.13. The number of halogens is 3. The van der Waals surface area contributed by atoms with Gasteiger partial charge in [0, 0.05) is 7.05 Å². The molecule has 1 unspecified atom stereocenters. The van der Waals surface area contributed by atoms with E-state index in [2.05, 4.69) is 4.74 Å². The van der Waals surface area contributed by atoms with Crippen LogP contribution in [0.1, 0.15) is 6.92 Å². The van der Waals surface area contributed by atoms with Crippen molar-refractivity contribution >= 4 is 5.91 Å². The average molecular weight is 240 g/mol. The zero-order valence-electron chi connectivity index (χ0n) is 8.63. The summed E-state index contributed by atoms with van der Waals surface area (Å²) < 4.78 is 42.1. The van der Waals surface area contributed by atoms with E-state index in [-0.39, 0.29) is 6.61 Å². The molecule has 1 amide bonds. The molecular formula is C8H11F3N2O3. The van der Waals surface area contributed by atoms with Crippen LogP contribution in [0.4, 0.5) is 13.2 Å². The lowest BCUT2D eigenvalue weighted by Crippen LogP contribution is -2.42. The van der Waals surface area contributed by atoms with Gasteiger partial charge in [-0.05, 0) is 6.92 Å². The predicted molar refractivity (Wildman–Crippen MR) is 47.0 cm³/mol. The van der Waals surface area contributed by atoms with Gasteiger partial charge in [0.15, 0.2) is 6.04 Å². The highest BCUT2D eigenvalue weighted by atomic mass is 19.4. The second kappa shape index (κ2) is 4.20. The quantitative estimate of drug-likeness (QED) is 0.551. The number of amides is 1. The number of hydrogen-bond donors (Lipinski definition) is 2. The van der Waals surface area contributed by atoms with Crippen molar-refractivity contribution in [3.63, 3.8) is 0 Å². The molecule has 1 fully saturated rings. The van der Waals surface area contributed by atoms with Crippen LogP contribution in [0, 0.1) is 0 Å². The summed E-state index contributed by atoms with van der Waals surface area (Å²) in [5.41, 5.74) is 1.07. The summed E-state index contributed by atoms with van der Waals surface area (Å²) in [5.74, 6) is -1.96. The Hall–Kier alpha value is -1.44. The molecule has 0 aromatic rings. The van der Waals surface area contributed by atoms with Crippen LogP contribution >= 0.6 is 0 Å². The van der Waals surface area contributed by atoms with E-state index in [1.807, 2.05) is 5.43 Å². The van der Waals surface area contributed by atoms with E-state index in [0.29, 0.717) is 5.01 Å². The highest BCUT2D eigenvalue weighted by Crippen LogP contribution is 2.31. The molecule has 0 aromatic carbocycles. The van der Waals surface area contributed by atoms with Crippen LogP contribution in [0.3, 0.4) is 0 Å². The third kappa shape index (κ3) is 2.21. The highest BCUT2D eigenvalue weighted by molar-refractivity contribution is 5.96. The van der Waals surface area contributed by atoms with Crippen LogP contribution in [-0.4, -0.2) is 41.9 Å². The van der Waals surface area contributed by atoms with E-state index in [1.165, 1.54) is 6.92 Å². The number of aliphatic hydroxyl groups is 1. The van der Waals surface area contributed by atoms with E-state index in [1.54, 1.807) is 0 Å². The van der Waals surface area contributed by atoms with Gasteiger partial charge in [-0.15, -0.1) is 0 Å². The Morgan fingerprint density at radius 1 is 1.62 bits per heavy atom. The Morgan fingerprint density at radius 3 is 2.62 bits per heavy atom. The summed E-state index contributed by atoms with van der Waals surface area (Å²) in [6.07, 6.45) is -4.68. The minimum Gasteiger partial charge on any atom is -0.481 e. The van der Waals surface area contributed by atoms with Gasteiger partial charge in [0.2, 0.25) is 0 Å². The zero-order valence-corrected chi connectivity index (χ0v) is 8.63. The van der Waals surface area contributed by atoms with Gasteiger partial charge in [-0.3, -0.25) is 9.80 Å². The number of ether oxygens (including phenoxy) is 1. The van der Waals surface area contributed by atoms with Gasteiger partial charge in [-0.2, -0.15) is 13.2 Å². The Kier molecular flexibility index (Phi) is 3.32. The monoisotopic (exact) mass is 240 g/mol. The normalized spacial score (nSPS) is 24.9. The molecule has 0 aliphatic carbocycles. The number of carbonyl (C=O) groups excluding carboxylic acids is 1. The second-order valence-electron chi connectivity index (χ2n) is 3.12. The van der Waals surface area contributed by atoms with E-state index < -0.39 is 29.6 Å². The lowest BCUT2D eigenvalue weighted by molar-refractivity contribution is -0.150. The first-order chi connectivity index (χ1) is 7.29. The maximum absolute atomic E-state index is 12.5. The summed E-state index contributed by atoms with van der Waals surface area (Å²) in [5, 5.41) is 9.90. The van der Waals surface area contributed by atoms with Gasteiger partial charge < -0.3 is 9.84 Å². The number of hydrogen-bond acceptors (Lipinski definition) is 4. The smallest absolute Gasteiger partial charge is 0.410 e.